The summed E-state index contributed by atoms with van der Waals surface area (Å²) in [5, 5.41) is 0. The zero-order chi connectivity index (χ0) is 24.9. The van der Waals surface area contributed by atoms with Gasteiger partial charge in [-0.25, -0.2) is 19.6 Å². The van der Waals surface area contributed by atoms with Crippen LogP contribution in [0.3, 0.4) is 0 Å². The van der Waals surface area contributed by atoms with Crippen LogP contribution >= 0.6 is 0 Å². The second-order valence-electron chi connectivity index (χ2n) is 8.60. The molecule has 35 heavy (non-hydrogen) atoms. The normalized spacial score (nSPS) is 14.5. The molecule has 11 nitrogen and oxygen atoms in total. The summed E-state index contributed by atoms with van der Waals surface area (Å²) in [6.45, 7) is 11.0. The molecule has 0 saturated carbocycles. The summed E-state index contributed by atoms with van der Waals surface area (Å²) in [5.41, 5.74) is 0.579. The number of fused-ring (bicyclic) bond motifs is 1. The van der Waals surface area contributed by atoms with Crippen molar-refractivity contribution >= 4 is 23.0 Å². The number of piperazine rings is 1. The van der Waals surface area contributed by atoms with Gasteiger partial charge in [0.25, 0.3) is 5.56 Å². The minimum Gasteiger partial charge on any atom is -0.462 e. The van der Waals surface area contributed by atoms with Crippen molar-refractivity contribution in [3.05, 3.63) is 50.6 Å². The van der Waals surface area contributed by atoms with Gasteiger partial charge in [0.2, 0.25) is 0 Å². The highest BCUT2D eigenvalue weighted by molar-refractivity contribution is 5.89. The van der Waals surface area contributed by atoms with E-state index in [-0.39, 0.29) is 11.5 Å². The Bertz CT molecular complexity index is 1280. The number of esters is 1. The Morgan fingerprint density at radius 1 is 1.09 bits per heavy atom. The van der Waals surface area contributed by atoms with Crippen molar-refractivity contribution < 1.29 is 9.53 Å². The molecule has 3 aromatic heterocycles. The maximum atomic E-state index is 12.6. The SMILES string of the molecule is CCCCn1c(=O)[nH]c(=O)c2c1nc(CN1CCN(c3ccc(C(=O)OCC)cn3)CC1)n2CC. The van der Waals surface area contributed by atoms with Gasteiger partial charge < -0.3 is 14.2 Å². The van der Waals surface area contributed by atoms with Crippen LogP contribution in [0.15, 0.2) is 27.9 Å². The van der Waals surface area contributed by atoms with E-state index in [0.717, 1.165) is 50.7 Å². The lowest BCUT2D eigenvalue weighted by molar-refractivity contribution is 0.0526. The molecule has 0 aromatic carbocycles. The maximum absolute atomic E-state index is 12.6. The molecule has 0 amide bonds. The zero-order valence-corrected chi connectivity index (χ0v) is 20.6. The summed E-state index contributed by atoms with van der Waals surface area (Å²) in [5.74, 6) is 1.24. The number of unbranched alkanes of at least 4 members (excludes halogenated alkanes) is 1. The minimum absolute atomic E-state index is 0.333. The fourth-order valence-corrected chi connectivity index (χ4v) is 4.45. The number of hydrogen-bond donors (Lipinski definition) is 1. The van der Waals surface area contributed by atoms with Crippen molar-refractivity contribution in [2.75, 3.05) is 37.7 Å². The highest BCUT2D eigenvalue weighted by Crippen LogP contribution is 2.18. The fraction of sp³-hybridized carbons (Fsp3) is 0.542. The zero-order valence-electron chi connectivity index (χ0n) is 20.6. The second kappa shape index (κ2) is 10.9. The van der Waals surface area contributed by atoms with Crippen LogP contribution in [-0.4, -0.2) is 67.7 Å². The number of anilines is 1. The number of carbonyl (C=O) groups is 1. The molecule has 1 fully saturated rings. The summed E-state index contributed by atoms with van der Waals surface area (Å²) in [6, 6.07) is 3.59. The van der Waals surface area contributed by atoms with Crippen molar-refractivity contribution in [2.24, 2.45) is 0 Å². The van der Waals surface area contributed by atoms with Gasteiger partial charge in [0, 0.05) is 45.5 Å². The number of pyridine rings is 1. The summed E-state index contributed by atoms with van der Waals surface area (Å²) >= 11 is 0. The standard InChI is InChI=1S/C24H33N7O4/c1-4-7-10-31-21-20(22(32)27-24(31)34)30(5-2)19(26-21)16-28-11-13-29(14-12-28)18-9-8-17(15-25-18)23(33)35-6-3/h8-9,15H,4-7,10-14,16H2,1-3H3,(H,27,32,34). The van der Waals surface area contributed by atoms with Gasteiger partial charge in [-0.3, -0.25) is 19.2 Å². The largest absolute Gasteiger partial charge is 0.462 e. The molecular weight excluding hydrogens is 450 g/mol. The first-order valence-corrected chi connectivity index (χ1v) is 12.3. The third-order valence-electron chi connectivity index (χ3n) is 6.34. The van der Waals surface area contributed by atoms with Gasteiger partial charge in [0.15, 0.2) is 11.2 Å². The monoisotopic (exact) mass is 483 g/mol. The smallest absolute Gasteiger partial charge is 0.339 e. The number of nitrogens with zero attached hydrogens (tertiary/aromatic N) is 6. The predicted molar refractivity (Wildman–Crippen MR) is 133 cm³/mol. The van der Waals surface area contributed by atoms with Crippen LogP contribution in [-0.2, 0) is 24.4 Å². The van der Waals surface area contributed by atoms with E-state index in [1.54, 1.807) is 23.8 Å². The number of carbonyl (C=O) groups excluding carboxylic acids is 1. The topological polar surface area (TPSA) is 118 Å². The molecule has 0 atom stereocenters. The van der Waals surface area contributed by atoms with E-state index in [4.69, 9.17) is 9.72 Å². The molecule has 1 N–H and O–H groups in total. The lowest BCUT2D eigenvalue weighted by Gasteiger charge is -2.35. The number of nitrogens with one attached hydrogen (secondary N) is 1. The van der Waals surface area contributed by atoms with E-state index in [1.807, 2.05) is 17.6 Å². The van der Waals surface area contributed by atoms with Gasteiger partial charge in [0.1, 0.15) is 11.6 Å². The highest BCUT2D eigenvalue weighted by atomic mass is 16.5. The maximum Gasteiger partial charge on any atom is 0.339 e. The van der Waals surface area contributed by atoms with Crippen LogP contribution in [0, 0.1) is 0 Å². The van der Waals surface area contributed by atoms with E-state index in [2.05, 4.69) is 26.7 Å². The Balaban J connectivity index is 1.48. The molecule has 0 unspecified atom stereocenters. The Hall–Kier alpha value is -3.47. The number of hydrogen-bond acceptors (Lipinski definition) is 8. The van der Waals surface area contributed by atoms with Crippen LogP contribution in [0.1, 0.15) is 49.8 Å². The van der Waals surface area contributed by atoms with Crippen molar-refractivity contribution in [2.45, 2.75) is 53.2 Å². The second-order valence-corrected chi connectivity index (χ2v) is 8.60. The van der Waals surface area contributed by atoms with Gasteiger partial charge >= 0.3 is 11.7 Å². The minimum atomic E-state index is -0.404. The van der Waals surface area contributed by atoms with E-state index in [0.29, 0.717) is 43.0 Å². The first-order chi connectivity index (χ1) is 17.0. The molecule has 0 bridgehead atoms. The van der Waals surface area contributed by atoms with Crippen LogP contribution in [0.2, 0.25) is 0 Å². The number of rotatable bonds is 9. The summed E-state index contributed by atoms with van der Waals surface area (Å²) < 4.78 is 8.52. The molecule has 3 aromatic rings. The van der Waals surface area contributed by atoms with Gasteiger partial charge in [-0.2, -0.15) is 0 Å². The first-order valence-electron chi connectivity index (χ1n) is 12.3. The van der Waals surface area contributed by atoms with Crippen LogP contribution in [0.5, 0.6) is 0 Å². The summed E-state index contributed by atoms with van der Waals surface area (Å²) in [4.78, 5) is 53.0. The van der Waals surface area contributed by atoms with Crippen LogP contribution in [0.4, 0.5) is 5.82 Å². The van der Waals surface area contributed by atoms with E-state index < -0.39 is 5.69 Å². The average Bonchev–Trinajstić information content (AvgIpc) is 3.23. The number of aromatic amines is 1. The highest BCUT2D eigenvalue weighted by Gasteiger charge is 2.23. The number of imidazole rings is 1. The Kier molecular flexibility index (Phi) is 7.64. The Morgan fingerprint density at radius 3 is 2.49 bits per heavy atom. The predicted octanol–water partition coefficient (Wildman–Crippen LogP) is 1.60. The quantitative estimate of drug-likeness (QED) is 0.456. The first kappa shape index (κ1) is 24.6. The molecule has 1 aliphatic heterocycles. The molecule has 4 heterocycles. The van der Waals surface area contributed by atoms with Crippen molar-refractivity contribution in [3.63, 3.8) is 0 Å². The lowest BCUT2D eigenvalue weighted by Crippen LogP contribution is -2.46. The van der Waals surface area contributed by atoms with Gasteiger partial charge in [0.05, 0.1) is 18.7 Å². The van der Waals surface area contributed by atoms with E-state index in [9.17, 15) is 14.4 Å². The lowest BCUT2D eigenvalue weighted by atomic mass is 10.2. The number of aromatic nitrogens is 5. The molecule has 0 radical (unpaired) electrons. The number of H-pyrrole nitrogens is 1. The van der Waals surface area contributed by atoms with Gasteiger partial charge in [-0.05, 0) is 32.4 Å². The van der Waals surface area contributed by atoms with E-state index in [1.165, 1.54) is 0 Å². The summed E-state index contributed by atoms with van der Waals surface area (Å²) in [6.07, 6.45) is 3.34. The van der Waals surface area contributed by atoms with Crippen molar-refractivity contribution in [1.82, 2.24) is 29.0 Å². The molecular formula is C24H33N7O4. The van der Waals surface area contributed by atoms with Crippen molar-refractivity contribution in [3.8, 4) is 0 Å². The third kappa shape index (κ3) is 5.14. The number of ether oxygens (including phenoxy) is 1. The van der Waals surface area contributed by atoms with E-state index >= 15 is 0 Å². The molecule has 188 valence electrons. The fourth-order valence-electron chi connectivity index (χ4n) is 4.45. The van der Waals surface area contributed by atoms with Gasteiger partial charge in [-0.1, -0.05) is 13.3 Å². The van der Waals surface area contributed by atoms with Gasteiger partial charge in [-0.15, -0.1) is 0 Å². The van der Waals surface area contributed by atoms with Crippen LogP contribution in [0.25, 0.3) is 11.2 Å². The average molecular weight is 484 g/mol. The molecule has 11 heteroatoms. The summed E-state index contributed by atoms with van der Waals surface area (Å²) in [7, 11) is 0. The Morgan fingerprint density at radius 2 is 1.86 bits per heavy atom. The molecule has 1 saturated heterocycles. The molecule has 4 rings (SSSR count). The third-order valence-corrected chi connectivity index (χ3v) is 6.34. The van der Waals surface area contributed by atoms with Crippen molar-refractivity contribution in [1.29, 1.82) is 0 Å². The Labute approximate surface area is 203 Å². The molecule has 0 spiro atoms. The van der Waals surface area contributed by atoms with Crippen LogP contribution < -0.4 is 16.1 Å². The number of aryl methyl sites for hydroxylation is 2. The molecule has 0 aliphatic carbocycles. The molecule has 1 aliphatic rings.